The summed E-state index contributed by atoms with van der Waals surface area (Å²) in [5, 5.41) is 6.86. The molecule has 0 radical (unpaired) electrons. The van der Waals surface area contributed by atoms with Crippen molar-refractivity contribution in [3.8, 4) is 0 Å². The van der Waals surface area contributed by atoms with E-state index in [0.29, 0.717) is 6.61 Å². The van der Waals surface area contributed by atoms with Crippen molar-refractivity contribution in [2.45, 2.75) is 39.7 Å². The summed E-state index contributed by atoms with van der Waals surface area (Å²) in [6.45, 7) is 9.67. The van der Waals surface area contributed by atoms with Crippen LogP contribution in [0.4, 0.5) is 0 Å². The van der Waals surface area contributed by atoms with E-state index in [4.69, 9.17) is 4.74 Å². The molecule has 7 heteroatoms. The molecule has 1 saturated heterocycles. The van der Waals surface area contributed by atoms with Crippen LogP contribution in [0.1, 0.15) is 40.4 Å². The van der Waals surface area contributed by atoms with E-state index in [1.165, 1.54) is 21.7 Å². The first-order valence-corrected chi connectivity index (χ1v) is 10.6. The molecule has 1 aliphatic rings. The fourth-order valence-corrected chi connectivity index (χ4v) is 4.26. The van der Waals surface area contributed by atoms with Crippen molar-refractivity contribution in [1.29, 1.82) is 0 Å². The van der Waals surface area contributed by atoms with Crippen LogP contribution >= 0.6 is 35.3 Å². The minimum atomic E-state index is 0. The van der Waals surface area contributed by atoms with Gasteiger partial charge < -0.3 is 15.0 Å². The van der Waals surface area contributed by atoms with Gasteiger partial charge in [-0.3, -0.25) is 4.99 Å². The number of nitrogens with zero attached hydrogens (tertiary/aromatic N) is 3. The van der Waals surface area contributed by atoms with Gasteiger partial charge in [0.2, 0.25) is 0 Å². The number of ether oxygens (including phenoxy) is 1. The Balaban J connectivity index is 0.00000280. The van der Waals surface area contributed by atoms with Crippen LogP contribution in [-0.4, -0.2) is 49.1 Å². The molecule has 2 heterocycles. The van der Waals surface area contributed by atoms with Crippen molar-refractivity contribution >= 4 is 41.3 Å². The zero-order chi connectivity index (χ0) is 19.2. The molecule has 5 nitrogen and oxygen atoms in total. The van der Waals surface area contributed by atoms with Crippen LogP contribution in [0.5, 0.6) is 0 Å². The third-order valence-electron chi connectivity index (χ3n) is 4.92. The van der Waals surface area contributed by atoms with Crippen LogP contribution in [0.15, 0.2) is 28.6 Å². The summed E-state index contributed by atoms with van der Waals surface area (Å²) >= 11 is 1.75. The van der Waals surface area contributed by atoms with Crippen LogP contribution in [0.25, 0.3) is 0 Å². The van der Waals surface area contributed by atoms with Gasteiger partial charge in [-0.05, 0) is 31.4 Å². The maximum atomic E-state index is 6.07. The quantitative estimate of drug-likeness (QED) is 0.371. The monoisotopic (exact) mass is 514 g/mol. The largest absolute Gasteiger partial charge is 0.370 e. The Morgan fingerprint density at radius 1 is 1.39 bits per heavy atom. The van der Waals surface area contributed by atoms with Gasteiger partial charge in [-0.15, -0.1) is 35.3 Å². The lowest BCUT2D eigenvalue weighted by molar-refractivity contribution is -0.00830. The Morgan fingerprint density at radius 2 is 2.21 bits per heavy atom. The topological polar surface area (TPSA) is 49.8 Å². The summed E-state index contributed by atoms with van der Waals surface area (Å²) in [6.07, 6.45) is 2.01. The summed E-state index contributed by atoms with van der Waals surface area (Å²) in [6, 6.07) is 6.59. The van der Waals surface area contributed by atoms with Gasteiger partial charge in [0.05, 0.1) is 23.9 Å². The summed E-state index contributed by atoms with van der Waals surface area (Å²) in [7, 11) is 1.85. The summed E-state index contributed by atoms with van der Waals surface area (Å²) in [5.74, 6) is 0.944. The second-order valence-corrected chi connectivity index (χ2v) is 7.92. The van der Waals surface area contributed by atoms with Crippen LogP contribution in [-0.2, 0) is 17.6 Å². The molecule has 1 fully saturated rings. The van der Waals surface area contributed by atoms with E-state index in [9.17, 15) is 0 Å². The van der Waals surface area contributed by atoms with Crippen molar-refractivity contribution in [3.05, 3.63) is 51.0 Å². The highest BCUT2D eigenvalue weighted by molar-refractivity contribution is 14.0. The minimum Gasteiger partial charge on any atom is -0.370 e. The number of guanidine groups is 1. The Hall–Kier alpha value is -1.19. The van der Waals surface area contributed by atoms with E-state index in [2.05, 4.69) is 64.5 Å². The molecule has 0 spiro atoms. The lowest BCUT2D eigenvalue weighted by atomic mass is 10.00. The van der Waals surface area contributed by atoms with Gasteiger partial charge in [-0.25, -0.2) is 4.98 Å². The summed E-state index contributed by atoms with van der Waals surface area (Å²) in [5.41, 5.74) is 5.01. The zero-order valence-corrected chi connectivity index (χ0v) is 20.3. The lowest BCUT2D eigenvalue weighted by Crippen LogP contribution is -2.48. The number of aromatic nitrogens is 1. The SMILES string of the molecule is CCc1nc(CCNC(=NC)N2CCOC(c3ccc(C)cc3C)C2)cs1.I. The Bertz CT molecular complexity index is 792. The zero-order valence-electron chi connectivity index (χ0n) is 17.2. The first-order valence-electron chi connectivity index (χ1n) is 9.68. The molecule has 1 aliphatic heterocycles. The molecule has 2 aromatic rings. The molecule has 0 saturated carbocycles. The third-order valence-corrected chi connectivity index (χ3v) is 5.96. The number of hydrogen-bond acceptors (Lipinski definition) is 4. The fourth-order valence-electron chi connectivity index (χ4n) is 3.48. The minimum absolute atomic E-state index is 0. The molecule has 3 rings (SSSR count). The number of rotatable bonds is 5. The molecule has 1 unspecified atom stereocenters. The second-order valence-electron chi connectivity index (χ2n) is 6.98. The average molecular weight is 514 g/mol. The fraction of sp³-hybridized carbons (Fsp3) is 0.524. The van der Waals surface area contributed by atoms with Crippen molar-refractivity contribution in [1.82, 2.24) is 15.2 Å². The summed E-state index contributed by atoms with van der Waals surface area (Å²) < 4.78 is 6.07. The first kappa shape index (κ1) is 23.1. The van der Waals surface area contributed by atoms with Gasteiger partial charge >= 0.3 is 0 Å². The van der Waals surface area contributed by atoms with Crippen LogP contribution in [0, 0.1) is 13.8 Å². The predicted octanol–water partition coefficient (Wildman–Crippen LogP) is 4.13. The van der Waals surface area contributed by atoms with Crippen molar-refractivity contribution < 1.29 is 4.74 Å². The van der Waals surface area contributed by atoms with E-state index in [0.717, 1.165) is 44.1 Å². The molecule has 28 heavy (non-hydrogen) atoms. The molecule has 1 aromatic carbocycles. The van der Waals surface area contributed by atoms with Gasteiger partial charge in [-0.1, -0.05) is 30.7 Å². The van der Waals surface area contributed by atoms with Crippen molar-refractivity contribution in [2.75, 3.05) is 33.3 Å². The van der Waals surface area contributed by atoms with Gasteiger partial charge in [0.25, 0.3) is 0 Å². The lowest BCUT2D eigenvalue weighted by Gasteiger charge is -2.35. The van der Waals surface area contributed by atoms with Gasteiger partial charge in [0.1, 0.15) is 6.10 Å². The standard InChI is InChI=1S/C21H30N4OS.HI/c1-5-20-24-17(14-27-20)8-9-23-21(22-4)25-10-11-26-19(13-25)18-7-6-15(2)12-16(18)3;/h6-7,12,14,19H,5,8-11,13H2,1-4H3,(H,22,23);1H. The Morgan fingerprint density at radius 3 is 2.89 bits per heavy atom. The van der Waals surface area contributed by atoms with Crippen LogP contribution < -0.4 is 5.32 Å². The first-order chi connectivity index (χ1) is 13.1. The Kier molecular flexibility index (Phi) is 9.17. The highest BCUT2D eigenvalue weighted by Gasteiger charge is 2.25. The van der Waals surface area contributed by atoms with Crippen LogP contribution in [0.3, 0.4) is 0 Å². The van der Waals surface area contributed by atoms with Gasteiger partial charge in [-0.2, -0.15) is 0 Å². The molecule has 1 N–H and O–H groups in total. The molecule has 1 aromatic heterocycles. The molecule has 1 atom stereocenters. The molecule has 0 amide bonds. The van der Waals surface area contributed by atoms with E-state index in [-0.39, 0.29) is 30.1 Å². The molecule has 154 valence electrons. The Labute approximate surface area is 189 Å². The second kappa shape index (κ2) is 11.1. The predicted molar refractivity (Wildman–Crippen MR) is 128 cm³/mol. The van der Waals surface area contributed by atoms with E-state index >= 15 is 0 Å². The maximum Gasteiger partial charge on any atom is 0.193 e. The van der Waals surface area contributed by atoms with Crippen LogP contribution in [0.2, 0.25) is 0 Å². The van der Waals surface area contributed by atoms with E-state index < -0.39 is 0 Å². The molecule has 0 aliphatic carbocycles. The highest BCUT2D eigenvalue weighted by atomic mass is 127. The number of benzene rings is 1. The number of nitrogens with one attached hydrogen (secondary N) is 1. The van der Waals surface area contributed by atoms with Gasteiger partial charge in [0.15, 0.2) is 5.96 Å². The smallest absolute Gasteiger partial charge is 0.193 e. The van der Waals surface area contributed by atoms with E-state index in [1.54, 1.807) is 11.3 Å². The molecular formula is C21H31IN4OS. The van der Waals surface area contributed by atoms with Gasteiger partial charge in [0, 0.05) is 31.9 Å². The number of aryl methyl sites for hydroxylation is 3. The third kappa shape index (κ3) is 5.90. The number of hydrogen-bond donors (Lipinski definition) is 1. The number of morpholine rings is 1. The maximum absolute atomic E-state index is 6.07. The van der Waals surface area contributed by atoms with Crippen molar-refractivity contribution in [2.24, 2.45) is 4.99 Å². The highest BCUT2D eigenvalue weighted by Crippen LogP contribution is 2.25. The van der Waals surface area contributed by atoms with E-state index in [1.807, 2.05) is 7.05 Å². The average Bonchev–Trinajstić information content (AvgIpc) is 3.13. The normalized spacial score (nSPS) is 17.4. The molecule has 0 bridgehead atoms. The number of thiazole rings is 1. The number of aliphatic imine (C=N–C) groups is 1. The van der Waals surface area contributed by atoms with Crippen molar-refractivity contribution in [3.63, 3.8) is 0 Å². The number of halogens is 1. The summed E-state index contributed by atoms with van der Waals surface area (Å²) in [4.78, 5) is 11.4. The molecular weight excluding hydrogens is 483 g/mol.